The summed E-state index contributed by atoms with van der Waals surface area (Å²) in [5.41, 5.74) is 0. The van der Waals surface area contributed by atoms with Crippen LogP contribution in [0.5, 0.6) is 0 Å². The van der Waals surface area contributed by atoms with E-state index >= 15 is 0 Å². The molecule has 0 aromatic carbocycles. The van der Waals surface area contributed by atoms with Crippen molar-refractivity contribution in [3.05, 3.63) is 0 Å². The third-order valence-corrected chi connectivity index (χ3v) is 4.55. The number of cyclic esters (lactones) is 2. The molecule has 2 N–H and O–H groups in total. The first-order chi connectivity index (χ1) is 16.2. The molecule has 1 aliphatic rings. The number of carboxylic acid groups (broad SMARTS) is 1. The predicted octanol–water partition coefficient (Wildman–Crippen LogP) is 2.47. The zero-order valence-electron chi connectivity index (χ0n) is 21.6. The van der Waals surface area contributed by atoms with E-state index in [1.807, 2.05) is 0 Å². The number of carboxylic acids is 1. The molecule has 1 fully saturated rings. The second-order valence-corrected chi connectivity index (χ2v) is 7.87. The SMILES string of the molecule is CCCN(CCC)CCO.CCCN(CCC)CCOC(=O)CCC(=O)O.O=C1CCC(=O)O1. The minimum absolute atomic E-state index is 0.0448. The van der Waals surface area contributed by atoms with Crippen LogP contribution in [0.3, 0.4) is 0 Å². The fourth-order valence-corrected chi connectivity index (χ4v) is 3.08. The molecule has 0 aromatic rings. The average molecular weight is 491 g/mol. The van der Waals surface area contributed by atoms with Gasteiger partial charge < -0.3 is 24.6 Å². The van der Waals surface area contributed by atoms with Crippen molar-refractivity contribution in [3.63, 3.8) is 0 Å². The van der Waals surface area contributed by atoms with Crippen LogP contribution < -0.4 is 0 Å². The van der Waals surface area contributed by atoms with Crippen LogP contribution in [-0.4, -0.2) is 96.4 Å². The third-order valence-electron chi connectivity index (χ3n) is 4.55. The van der Waals surface area contributed by atoms with Crippen molar-refractivity contribution < 1.29 is 38.9 Å². The molecular weight excluding hydrogens is 444 g/mol. The number of hydrogen-bond acceptors (Lipinski definition) is 9. The largest absolute Gasteiger partial charge is 0.481 e. The van der Waals surface area contributed by atoms with Gasteiger partial charge in [-0.1, -0.05) is 27.7 Å². The number of hydrogen-bond donors (Lipinski definition) is 2. The van der Waals surface area contributed by atoms with Crippen LogP contribution >= 0.6 is 0 Å². The second-order valence-electron chi connectivity index (χ2n) is 7.87. The van der Waals surface area contributed by atoms with Gasteiger partial charge in [0.05, 0.1) is 32.3 Å². The molecule has 0 spiro atoms. The number of aliphatic hydroxyl groups is 1. The maximum Gasteiger partial charge on any atom is 0.314 e. The molecule has 1 aliphatic heterocycles. The first-order valence-electron chi connectivity index (χ1n) is 12.4. The van der Waals surface area contributed by atoms with Crippen LogP contribution in [-0.2, 0) is 28.7 Å². The first kappa shape index (κ1) is 34.1. The van der Waals surface area contributed by atoms with E-state index in [1.165, 1.54) is 12.8 Å². The zero-order valence-corrected chi connectivity index (χ0v) is 21.6. The number of nitrogens with zero attached hydrogens (tertiary/aromatic N) is 2. The highest BCUT2D eigenvalue weighted by Crippen LogP contribution is 2.04. The van der Waals surface area contributed by atoms with Gasteiger partial charge in [-0.05, 0) is 51.9 Å². The third kappa shape index (κ3) is 23.1. The Morgan fingerprint density at radius 2 is 1.24 bits per heavy atom. The quantitative estimate of drug-likeness (QED) is 0.245. The van der Waals surface area contributed by atoms with E-state index < -0.39 is 23.9 Å². The number of carbonyl (C=O) groups is 4. The van der Waals surface area contributed by atoms with Crippen LogP contribution in [0.25, 0.3) is 0 Å². The lowest BCUT2D eigenvalue weighted by molar-refractivity contribution is -0.152. The number of carbonyl (C=O) groups excluding carboxylic acids is 3. The van der Waals surface area contributed by atoms with Gasteiger partial charge in [-0.25, -0.2) is 0 Å². The first-order valence-corrected chi connectivity index (χ1v) is 12.4. The average Bonchev–Trinajstić information content (AvgIpc) is 3.16. The topological polar surface area (TPSA) is 134 Å². The molecule has 0 unspecified atom stereocenters. The molecule has 1 heterocycles. The van der Waals surface area contributed by atoms with Gasteiger partial charge in [0, 0.05) is 13.1 Å². The molecule has 0 radical (unpaired) electrons. The van der Waals surface area contributed by atoms with Gasteiger partial charge in [-0.3, -0.25) is 24.1 Å². The lowest BCUT2D eigenvalue weighted by Gasteiger charge is -2.20. The van der Waals surface area contributed by atoms with Crippen molar-refractivity contribution in [2.45, 2.75) is 79.1 Å². The molecule has 0 aliphatic carbocycles. The monoisotopic (exact) mass is 490 g/mol. The molecule has 0 saturated carbocycles. The van der Waals surface area contributed by atoms with Crippen LogP contribution in [0, 0.1) is 0 Å². The van der Waals surface area contributed by atoms with E-state index in [1.54, 1.807) is 0 Å². The van der Waals surface area contributed by atoms with Crippen molar-refractivity contribution in [1.82, 2.24) is 9.80 Å². The van der Waals surface area contributed by atoms with Crippen LogP contribution in [0.2, 0.25) is 0 Å². The smallest absolute Gasteiger partial charge is 0.314 e. The van der Waals surface area contributed by atoms with Crippen LogP contribution in [0.15, 0.2) is 0 Å². The summed E-state index contributed by atoms with van der Waals surface area (Å²) in [6.07, 6.45) is 4.83. The molecular formula is C24H46N2O8. The summed E-state index contributed by atoms with van der Waals surface area (Å²) in [6, 6.07) is 0. The lowest BCUT2D eigenvalue weighted by Crippen LogP contribution is -2.30. The number of aliphatic carboxylic acids is 1. The summed E-state index contributed by atoms with van der Waals surface area (Å²) in [5.74, 6) is -2.20. The Kier molecular flexibility index (Phi) is 24.2. The van der Waals surface area contributed by atoms with Gasteiger partial charge in [-0.2, -0.15) is 0 Å². The second kappa shape index (κ2) is 24.1. The molecule has 34 heavy (non-hydrogen) atoms. The summed E-state index contributed by atoms with van der Waals surface area (Å²) in [6.45, 7) is 15.0. The Bertz CT molecular complexity index is 523. The maximum atomic E-state index is 11.1. The van der Waals surface area contributed by atoms with Crippen LogP contribution in [0.4, 0.5) is 0 Å². The van der Waals surface area contributed by atoms with E-state index in [4.69, 9.17) is 14.9 Å². The molecule has 200 valence electrons. The van der Waals surface area contributed by atoms with Crippen molar-refractivity contribution in [2.75, 3.05) is 52.5 Å². The molecule has 10 heteroatoms. The molecule has 0 aromatic heterocycles. The summed E-state index contributed by atoms with van der Waals surface area (Å²) < 4.78 is 9.05. The zero-order chi connectivity index (χ0) is 26.2. The van der Waals surface area contributed by atoms with E-state index in [0.29, 0.717) is 13.2 Å². The summed E-state index contributed by atoms with van der Waals surface area (Å²) >= 11 is 0. The predicted molar refractivity (Wildman–Crippen MR) is 129 cm³/mol. The Balaban J connectivity index is 0. The minimum Gasteiger partial charge on any atom is -0.481 e. The molecule has 0 bridgehead atoms. The molecule has 10 nitrogen and oxygen atoms in total. The highest BCUT2D eigenvalue weighted by Gasteiger charge is 2.19. The summed E-state index contributed by atoms with van der Waals surface area (Å²) in [4.78, 5) is 45.9. The minimum atomic E-state index is -0.972. The number of rotatable bonds is 16. The molecule has 0 atom stereocenters. The molecule has 0 amide bonds. The standard InChI is InChI=1S/C12H23NO4.C8H19NO.C4H4O3/c1-3-7-13(8-4-2)9-10-17-12(16)6-5-11(14)15;1-3-5-9(6-4-2)7-8-10;5-3-1-2-4(6)7-3/h3-10H2,1-2H3,(H,14,15);10H,3-8H2,1-2H3;1-2H2. The van der Waals surface area contributed by atoms with E-state index in [-0.39, 0.29) is 25.7 Å². The number of ether oxygens (including phenoxy) is 2. The van der Waals surface area contributed by atoms with E-state index in [0.717, 1.165) is 52.1 Å². The van der Waals surface area contributed by atoms with E-state index in [9.17, 15) is 19.2 Å². The van der Waals surface area contributed by atoms with Crippen molar-refractivity contribution in [1.29, 1.82) is 0 Å². The lowest BCUT2D eigenvalue weighted by atomic mass is 10.3. The van der Waals surface area contributed by atoms with Gasteiger partial charge in [0.1, 0.15) is 6.61 Å². The summed E-state index contributed by atoms with van der Waals surface area (Å²) in [5, 5.41) is 17.0. The van der Waals surface area contributed by atoms with Crippen LogP contribution in [0.1, 0.15) is 79.1 Å². The Morgan fingerprint density at radius 3 is 1.56 bits per heavy atom. The Labute approximate surface area is 204 Å². The normalized spacial score (nSPS) is 12.6. The van der Waals surface area contributed by atoms with Gasteiger partial charge >= 0.3 is 23.9 Å². The fourth-order valence-electron chi connectivity index (χ4n) is 3.08. The Morgan fingerprint density at radius 1 is 0.794 bits per heavy atom. The highest BCUT2D eigenvalue weighted by atomic mass is 16.6. The van der Waals surface area contributed by atoms with Crippen molar-refractivity contribution in [2.24, 2.45) is 0 Å². The fraction of sp³-hybridized carbons (Fsp3) is 0.833. The number of esters is 3. The van der Waals surface area contributed by atoms with Crippen molar-refractivity contribution >= 4 is 23.9 Å². The molecule has 1 saturated heterocycles. The molecule has 1 rings (SSSR count). The van der Waals surface area contributed by atoms with Gasteiger partial charge in [0.2, 0.25) is 0 Å². The van der Waals surface area contributed by atoms with E-state index in [2.05, 4.69) is 42.2 Å². The number of aliphatic hydroxyl groups excluding tert-OH is 1. The Hall–Kier alpha value is -2.04. The highest BCUT2D eigenvalue weighted by molar-refractivity contribution is 5.92. The van der Waals surface area contributed by atoms with Gasteiger partial charge in [0.25, 0.3) is 0 Å². The maximum absolute atomic E-state index is 11.1. The summed E-state index contributed by atoms with van der Waals surface area (Å²) in [7, 11) is 0. The van der Waals surface area contributed by atoms with Gasteiger partial charge in [-0.15, -0.1) is 0 Å². The van der Waals surface area contributed by atoms with Crippen molar-refractivity contribution in [3.8, 4) is 0 Å². The van der Waals surface area contributed by atoms with Gasteiger partial charge in [0.15, 0.2) is 0 Å².